The van der Waals surface area contributed by atoms with Crippen LogP contribution in [0.15, 0.2) is 6.20 Å². The molecule has 0 fully saturated rings. The van der Waals surface area contributed by atoms with Crippen molar-refractivity contribution in [1.29, 1.82) is 0 Å². The second-order valence-electron chi connectivity index (χ2n) is 7.68. The van der Waals surface area contributed by atoms with Crippen LogP contribution in [0.4, 0.5) is 5.00 Å². The van der Waals surface area contributed by atoms with Gasteiger partial charge in [-0.1, -0.05) is 0 Å². The second-order valence-corrected chi connectivity index (χ2v) is 8.70. The Morgan fingerprint density at radius 2 is 2.11 bits per heavy atom. The third-order valence-electron chi connectivity index (χ3n) is 4.41. The molecule has 4 N–H and O–H groups in total. The fourth-order valence-corrected chi connectivity index (χ4v) is 4.86. The van der Waals surface area contributed by atoms with Gasteiger partial charge in [-0.25, -0.2) is 0 Å². The number of methoxy groups -OCH3 is 1. The molecular weight excluding hydrogens is 368 g/mol. The predicted octanol–water partition coefficient (Wildman–Crippen LogP) is 2.56. The maximum Gasteiger partial charge on any atom is 0.274 e. The van der Waals surface area contributed by atoms with Gasteiger partial charge in [-0.2, -0.15) is 5.10 Å². The number of thiophene rings is 1. The Balaban J connectivity index is 2.02. The monoisotopic (exact) mass is 392 g/mol. The van der Waals surface area contributed by atoms with Crippen LogP contribution in [0.2, 0.25) is 0 Å². The van der Waals surface area contributed by atoms with E-state index in [1.54, 1.807) is 0 Å². The minimum atomic E-state index is -0.593. The number of fused-ring (bicyclic) bond motifs is 1. The second kappa shape index (κ2) is 6.74. The van der Waals surface area contributed by atoms with E-state index in [-0.39, 0.29) is 12.3 Å². The number of carbonyl (C=O) groups excluding carboxylic acids is 2. The smallest absolute Gasteiger partial charge is 0.274 e. The van der Waals surface area contributed by atoms with Crippen molar-refractivity contribution in [3.63, 3.8) is 0 Å². The first kappa shape index (κ1) is 19.5. The van der Waals surface area contributed by atoms with Crippen molar-refractivity contribution >= 4 is 28.2 Å². The summed E-state index contributed by atoms with van der Waals surface area (Å²) in [5, 5.41) is 9.80. The van der Waals surface area contributed by atoms with Crippen molar-refractivity contribution in [3.05, 3.63) is 33.5 Å². The van der Waals surface area contributed by atoms with Crippen LogP contribution in [0.25, 0.3) is 0 Å². The van der Waals surface area contributed by atoms with Crippen molar-refractivity contribution in [2.75, 3.05) is 12.4 Å². The fraction of sp³-hybridized carbons (Fsp3) is 0.500. The van der Waals surface area contributed by atoms with E-state index in [0.717, 1.165) is 10.4 Å². The van der Waals surface area contributed by atoms with Crippen LogP contribution in [0.3, 0.4) is 0 Å². The number of hydrogen-bond acceptors (Lipinski definition) is 6. The highest BCUT2D eigenvalue weighted by molar-refractivity contribution is 7.17. The van der Waals surface area contributed by atoms with Gasteiger partial charge < -0.3 is 20.5 Å². The summed E-state index contributed by atoms with van der Waals surface area (Å²) >= 11 is 1.32. The van der Waals surface area contributed by atoms with Gasteiger partial charge >= 0.3 is 0 Å². The standard InChI is InChI=1S/C18H24N4O4S/c1-17(2)6-10-11(14(19)23)16(27-13(10)18(3,4)26-17)21-15(24)12-9(8-25-5)7-20-22-12/h7H,6,8H2,1-5H3,(H2,19,23)(H,20,22)(H,21,24). The molecule has 0 aliphatic carbocycles. The number of aromatic nitrogens is 2. The van der Waals surface area contributed by atoms with Gasteiger partial charge in [-0.05, 0) is 33.3 Å². The summed E-state index contributed by atoms with van der Waals surface area (Å²) in [4.78, 5) is 25.8. The quantitative estimate of drug-likeness (QED) is 0.722. The molecule has 0 bridgehead atoms. The molecule has 0 saturated heterocycles. The Morgan fingerprint density at radius 1 is 1.41 bits per heavy atom. The van der Waals surface area contributed by atoms with Crippen LogP contribution in [0.1, 0.15) is 64.5 Å². The van der Waals surface area contributed by atoms with E-state index in [1.807, 2.05) is 27.7 Å². The molecule has 3 rings (SSSR count). The maximum atomic E-state index is 12.7. The third kappa shape index (κ3) is 3.62. The summed E-state index contributed by atoms with van der Waals surface area (Å²) in [6.45, 7) is 8.09. The minimum Gasteiger partial charge on any atom is -0.380 e. The van der Waals surface area contributed by atoms with Crippen LogP contribution in [-0.2, 0) is 28.1 Å². The first-order valence-corrected chi connectivity index (χ1v) is 9.36. The molecule has 2 aromatic heterocycles. The molecular formula is C18H24N4O4S. The van der Waals surface area contributed by atoms with Crippen LogP contribution in [0, 0.1) is 0 Å². The minimum absolute atomic E-state index is 0.248. The molecule has 9 heteroatoms. The third-order valence-corrected chi connectivity index (χ3v) is 5.86. The number of hydrogen-bond donors (Lipinski definition) is 3. The summed E-state index contributed by atoms with van der Waals surface area (Å²) in [5.74, 6) is -0.975. The average molecular weight is 392 g/mol. The van der Waals surface area contributed by atoms with E-state index in [9.17, 15) is 9.59 Å². The summed E-state index contributed by atoms with van der Waals surface area (Å²) < 4.78 is 11.3. The Kier molecular flexibility index (Phi) is 4.87. The van der Waals surface area contributed by atoms with Crippen LogP contribution < -0.4 is 11.1 Å². The maximum absolute atomic E-state index is 12.7. The highest BCUT2D eigenvalue weighted by atomic mass is 32.1. The molecule has 2 amide bonds. The normalized spacial score (nSPS) is 17.4. The van der Waals surface area contributed by atoms with E-state index < -0.39 is 23.0 Å². The van der Waals surface area contributed by atoms with Gasteiger partial charge in [-0.3, -0.25) is 14.7 Å². The summed E-state index contributed by atoms with van der Waals surface area (Å²) in [6, 6.07) is 0. The van der Waals surface area contributed by atoms with Crippen LogP contribution >= 0.6 is 11.3 Å². The van der Waals surface area contributed by atoms with Crippen molar-refractivity contribution < 1.29 is 19.1 Å². The molecule has 0 spiro atoms. The zero-order valence-corrected chi connectivity index (χ0v) is 16.9. The Labute approximate surface area is 161 Å². The summed E-state index contributed by atoms with van der Waals surface area (Å²) in [7, 11) is 1.54. The zero-order valence-electron chi connectivity index (χ0n) is 16.1. The van der Waals surface area contributed by atoms with E-state index in [1.165, 1.54) is 24.6 Å². The fourth-order valence-electron chi connectivity index (χ4n) is 3.61. The number of aromatic amines is 1. The van der Waals surface area contributed by atoms with Crippen LogP contribution in [0.5, 0.6) is 0 Å². The number of carbonyl (C=O) groups is 2. The van der Waals surface area contributed by atoms with Crippen molar-refractivity contribution in [2.45, 2.75) is 51.9 Å². The molecule has 8 nitrogen and oxygen atoms in total. The Bertz CT molecular complexity index is 897. The first-order valence-electron chi connectivity index (χ1n) is 8.54. The lowest BCUT2D eigenvalue weighted by Gasteiger charge is -2.41. The number of nitrogens with one attached hydrogen (secondary N) is 2. The topological polar surface area (TPSA) is 119 Å². The van der Waals surface area contributed by atoms with E-state index in [4.69, 9.17) is 15.2 Å². The van der Waals surface area contributed by atoms with Crippen molar-refractivity contribution in [2.24, 2.45) is 5.73 Å². The van der Waals surface area contributed by atoms with Gasteiger partial charge in [0.25, 0.3) is 11.8 Å². The number of rotatable bonds is 5. The molecule has 0 saturated carbocycles. The molecule has 0 aromatic carbocycles. The molecule has 1 aliphatic heterocycles. The zero-order chi connectivity index (χ0) is 20.0. The molecule has 1 aliphatic rings. The lowest BCUT2D eigenvalue weighted by Crippen LogP contribution is -2.42. The van der Waals surface area contributed by atoms with Crippen molar-refractivity contribution in [3.8, 4) is 0 Å². The van der Waals surface area contributed by atoms with Gasteiger partial charge in [0.2, 0.25) is 0 Å². The number of nitrogens with two attached hydrogens (primary N) is 1. The molecule has 0 unspecified atom stereocenters. The average Bonchev–Trinajstić information content (AvgIpc) is 3.10. The Morgan fingerprint density at radius 3 is 2.74 bits per heavy atom. The van der Waals surface area contributed by atoms with Gasteiger partial charge in [-0.15, -0.1) is 11.3 Å². The van der Waals surface area contributed by atoms with Crippen LogP contribution in [-0.4, -0.2) is 34.7 Å². The number of primary amides is 1. The highest BCUT2D eigenvalue weighted by Crippen LogP contribution is 2.48. The lowest BCUT2D eigenvalue weighted by atomic mass is 9.86. The van der Waals surface area contributed by atoms with Gasteiger partial charge in [0.05, 0.1) is 29.6 Å². The molecule has 3 heterocycles. The number of nitrogens with zero attached hydrogens (tertiary/aromatic N) is 1. The highest BCUT2D eigenvalue weighted by Gasteiger charge is 2.43. The number of anilines is 1. The molecule has 27 heavy (non-hydrogen) atoms. The first-order chi connectivity index (χ1) is 12.6. The SMILES string of the molecule is COCc1cn[nH]c1C(=O)Nc1sc2c(c1C(N)=O)CC(C)(C)OC2(C)C. The van der Waals surface area contributed by atoms with Gasteiger partial charge in [0.1, 0.15) is 10.7 Å². The van der Waals surface area contributed by atoms with Gasteiger partial charge in [0.15, 0.2) is 0 Å². The van der Waals surface area contributed by atoms with Gasteiger partial charge in [0, 0.05) is 24.0 Å². The predicted molar refractivity (Wildman–Crippen MR) is 102 cm³/mol. The Hall–Kier alpha value is -2.23. The number of amides is 2. The molecule has 0 radical (unpaired) electrons. The van der Waals surface area contributed by atoms with E-state index >= 15 is 0 Å². The number of ether oxygens (including phenoxy) is 2. The summed E-state index contributed by atoms with van der Waals surface area (Å²) in [6.07, 6.45) is 2.07. The molecule has 0 atom stereocenters. The lowest BCUT2D eigenvalue weighted by molar-refractivity contribution is -0.135. The summed E-state index contributed by atoms with van der Waals surface area (Å²) in [5.41, 5.74) is 6.73. The largest absolute Gasteiger partial charge is 0.380 e. The molecule has 2 aromatic rings. The molecule has 146 valence electrons. The number of H-pyrrole nitrogens is 1. The van der Waals surface area contributed by atoms with E-state index in [0.29, 0.717) is 22.5 Å². The van der Waals surface area contributed by atoms with Crippen molar-refractivity contribution in [1.82, 2.24) is 10.2 Å². The van der Waals surface area contributed by atoms with E-state index in [2.05, 4.69) is 15.5 Å².